The van der Waals surface area contributed by atoms with E-state index in [1.165, 1.54) is 20.9 Å². The number of halogens is 1. The molecule has 0 aliphatic rings. The van der Waals surface area contributed by atoms with E-state index >= 15 is 0 Å². The second-order valence-electron chi connectivity index (χ2n) is 3.90. The van der Waals surface area contributed by atoms with Gasteiger partial charge in [-0.2, -0.15) is 0 Å². The van der Waals surface area contributed by atoms with Crippen LogP contribution < -0.4 is 5.32 Å². The molecule has 0 fully saturated rings. The fraction of sp³-hybridized carbons (Fsp3) is 0.385. The van der Waals surface area contributed by atoms with Gasteiger partial charge in [0.25, 0.3) is 0 Å². The molecule has 0 unspecified atom stereocenters. The molecule has 86 valence electrons. The Morgan fingerprint density at radius 3 is 3.00 bits per heavy atom. The number of nitrogens with one attached hydrogen (secondary N) is 1. The lowest BCUT2D eigenvalue weighted by atomic mass is 10.1. The minimum absolute atomic E-state index is 0.992. The highest BCUT2D eigenvalue weighted by Gasteiger charge is 2.05. The van der Waals surface area contributed by atoms with Crippen LogP contribution in [0.4, 0.5) is 0 Å². The first-order valence-electron chi connectivity index (χ1n) is 5.67. The third-order valence-corrected chi connectivity index (χ3v) is 3.28. The van der Waals surface area contributed by atoms with Gasteiger partial charge in [0.1, 0.15) is 5.58 Å². The normalized spacial score (nSPS) is 11.1. The minimum Gasteiger partial charge on any atom is -0.464 e. The first-order valence-corrected chi connectivity index (χ1v) is 6.75. The summed E-state index contributed by atoms with van der Waals surface area (Å²) < 4.78 is 6.79. The zero-order valence-corrected chi connectivity index (χ0v) is 11.6. The molecule has 1 heterocycles. The number of benzene rings is 1. The van der Waals surface area contributed by atoms with Crippen LogP contribution in [0.1, 0.15) is 18.9 Å². The SMILES string of the molecule is CCCNCCc1coc2ccc(I)cc12. The predicted octanol–water partition coefficient (Wildman–Crippen LogP) is 3.58. The lowest BCUT2D eigenvalue weighted by Crippen LogP contribution is -2.17. The molecule has 0 aliphatic heterocycles. The summed E-state index contributed by atoms with van der Waals surface area (Å²) in [5.74, 6) is 0. The first-order chi connectivity index (χ1) is 7.81. The molecule has 1 aromatic carbocycles. The number of furan rings is 1. The number of rotatable bonds is 5. The Kier molecular flexibility index (Phi) is 4.23. The van der Waals surface area contributed by atoms with Crippen LogP contribution in [0.5, 0.6) is 0 Å². The summed E-state index contributed by atoms with van der Waals surface area (Å²) in [5.41, 5.74) is 2.29. The van der Waals surface area contributed by atoms with E-state index in [1.807, 2.05) is 12.3 Å². The van der Waals surface area contributed by atoms with Gasteiger partial charge >= 0.3 is 0 Å². The van der Waals surface area contributed by atoms with Gasteiger partial charge in [-0.15, -0.1) is 0 Å². The summed E-state index contributed by atoms with van der Waals surface area (Å²) in [6, 6.07) is 6.31. The molecule has 2 aromatic rings. The standard InChI is InChI=1S/C13H16INO/c1-2-6-15-7-5-10-9-16-13-4-3-11(14)8-12(10)13/h3-4,8-9,15H,2,5-7H2,1H3. The Hall–Kier alpha value is -0.550. The predicted molar refractivity (Wildman–Crippen MR) is 75.8 cm³/mol. The maximum absolute atomic E-state index is 5.53. The average molecular weight is 329 g/mol. The van der Waals surface area contributed by atoms with Crippen LogP contribution in [0.2, 0.25) is 0 Å². The molecule has 1 N–H and O–H groups in total. The van der Waals surface area contributed by atoms with Gasteiger partial charge in [0.05, 0.1) is 6.26 Å². The third-order valence-electron chi connectivity index (χ3n) is 2.61. The van der Waals surface area contributed by atoms with E-state index in [2.05, 4.69) is 47.0 Å². The highest BCUT2D eigenvalue weighted by Crippen LogP contribution is 2.23. The zero-order valence-electron chi connectivity index (χ0n) is 9.42. The third kappa shape index (κ3) is 2.77. The van der Waals surface area contributed by atoms with Gasteiger partial charge < -0.3 is 9.73 Å². The van der Waals surface area contributed by atoms with Crippen molar-refractivity contribution in [2.24, 2.45) is 0 Å². The number of hydrogen-bond donors (Lipinski definition) is 1. The van der Waals surface area contributed by atoms with E-state index in [0.717, 1.165) is 25.1 Å². The van der Waals surface area contributed by atoms with Gasteiger partial charge in [0.15, 0.2) is 0 Å². The summed E-state index contributed by atoms with van der Waals surface area (Å²) >= 11 is 2.34. The Labute approximate surface area is 110 Å². The second-order valence-corrected chi connectivity index (χ2v) is 5.15. The molecule has 0 saturated carbocycles. The van der Waals surface area contributed by atoms with Crippen molar-refractivity contribution < 1.29 is 4.42 Å². The van der Waals surface area contributed by atoms with E-state index in [0.29, 0.717) is 0 Å². The summed E-state index contributed by atoms with van der Waals surface area (Å²) in [4.78, 5) is 0. The van der Waals surface area contributed by atoms with Gasteiger partial charge in [-0.05, 0) is 72.3 Å². The molecular weight excluding hydrogens is 313 g/mol. The Morgan fingerprint density at radius 1 is 1.31 bits per heavy atom. The van der Waals surface area contributed by atoms with Crippen molar-refractivity contribution in [1.82, 2.24) is 5.32 Å². The molecule has 0 radical (unpaired) electrons. The van der Waals surface area contributed by atoms with E-state index in [4.69, 9.17) is 4.42 Å². The van der Waals surface area contributed by atoms with Crippen LogP contribution in [0.15, 0.2) is 28.9 Å². The molecule has 0 amide bonds. The fourth-order valence-corrected chi connectivity index (χ4v) is 2.26. The lowest BCUT2D eigenvalue weighted by Gasteiger charge is -2.01. The Balaban J connectivity index is 2.09. The van der Waals surface area contributed by atoms with Gasteiger partial charge in [0, 0.05) is 8.96 Å². The first kappa shape index (κ1) is 11.9. The molecule has 16 heavy (non-hydrogen) atoms. The number of fused-ring (bicyclic) bond motifs is 1. The van der Waals surface area contributed by atoms with Crippen LogP contribution in [-0.2, 0) is 6.42 Å². The molecule has 2 rings (SSSR count). The summed E-state index contributed by atoms with van der Waals surface area (Å²) in [5, 5.41) is 4.66. The summed E-state index contributed by atoms with van der Waals surface area (Å²) in [6.07, 6.45) is 4.10. The topological polar surface area (TPSA) is 25.2 Å². The summed E-state index contributed by atoms with van der Waals surface area (Å²) in [7, 11) is 0. The maximum Gasteiger partial charge on any atom is 0.134 e. The van der Waals surface area contributed by atoms with Crippen molar-refractivity contribution >= 4 is 33.6 Å². The van der Waals surface area contributed by atoms with Gasteiger partial charge in [-0.1, -0.05) is 6.92 Å². The smallest absolute Gasteiger partial charge is 0.134 e. The second kappa shape index (κ2) is 5.68. The molecule has 0 saturated heterocycles. The van der Waals surface area contributed by atoms with Crippen molar-refractivity contribution in [3.63, 3.8) is 0 Å². The van der Waals surface area contributed by atoms with Crippen LogP contribution in [0, 0.1) is 3.57 Å². The maximum atomic E-state index is 5.53. The van der Waals surface area contributed by atoms with E-state index in [-0.39, 0.29) is 0 Å². The highest BCUT2D eigenvalue weighted by atomic mass is 127. The molecule has 0 atom stereocenters. The van der Waals surface area contributed by atoms with Crippen molar-refractivity contribution in [3.8, 4) is 0 Å². The quantitative estimate of drug-likeness (QED) is 0.670. The zero-order chi connectivity index (χ0) is 11.4. The fourth-order valence-electron chi connectivity index (χ4n) is 1.77. The van der Waals surface area contributed by atoms with Crippen LogP contribution in [0.3, 0.4) is 0 Å². The average Bonchev–Trinajstić information content (AvgIpc) is 2.67. The molecule has 0 bridgehead atoms. The van der Waals surface area contributed by atoms with E-state index in [1.54, 1.807) is 0 Å². The van der Waals surface area contributed by atoms with Crippen molar-refractivity contribution in [2.75, 3.05) is 13.1 Å². The van der Waals surface area contributed by atoms with Crippen molar-refractivity contribution in [2.45, 2.75) is 19.8 Å². The van der Waals surface area contributed by atoms with Gasteiger partial charge in [0.2, 0.25) is 0 Å². The molecule has 3 heteroatoms. The summed E-state index contributed by atoms with van der Waals surface area (Å²) in [6.45, 7) is 4.30. The van der Waals surface area contributed by atoms with E-state index in [9.17, 15) is 0 Å². The molecule has 1 aromatic heterocycles. The minimum atomic E-state index is 0.992. The van der Waals surface area contributed by atoms with Crippen LogP contribution in [-0.4, -0.2) is 13.1 Å². The van der Waals surface area contributed by atoms with E-state index < -0.39 is 0 Å². The Bertz CT molecular complexity index is 464. The largest absolute Gasteiger partial charge is 0.464 e. The highest BCUT2D eigenvalue weighted by molar-refractivity contribution is 14.1. The molecule has 2 nitrogen and oxygen atoms in total. The van der Waals surface area contributed by atoms with Gasteiger partial charge in [-0.25, -0.2) is 0 Å². The van der Waals surface area contributed by atoms with Crippen LogP contribution >= 0.6 is 22.6 Å². The number of hydrogen-bond acceptors (Lipinski definition) is 2. The molecule has 0 spiro atoms. The van der Waals surface area contributed by atoms with Crippen molar-refractivity contribution in [1.29, 1.82) is 0 Å². The van der Waals surface area contributed by atoms with Crippen LogP contribution in [0.25, 0.3) is 11.0 Å². The monoisotopic (exact) mass is 329 g/mol. The molecule has 0 aliphatic carbocycles. The Morgan fingerprint density at radius 2 is 2.19 bits per heavy atom. The molecular formula is C13H16INO. The van der Waals surface area contributed by atoms with Crippen molar-refractivity contribution in [3.05, 3.63) is 33.6 Å². The van der Waals surface area contributed by atoms with Gasteiger partial charge in [-0.3, -0.25) is 0 Å². The lowest BCUT2D eigenvalue weighted by molar-refractivity contribution is 0.605.